The third-order valence-corrected chi connectivity index (χ3v) is 3.49. The molecule has 1 aliphatic carbocycles. The van der Waals surface area contributed by atoms with Crippen LogP contribution in [0, 0.1) is 5.92 Å². The Morgan fingerprint density at radius 1 is 1.60 bits per heavy atom. The average Bonchev–Trinajstić information content (AvgIpc) is 2.52. The molecule has 3 N–H and O–H groups in total. The number of aliphatic hydroxyl groups excluding tert-OH is 1. The zero-order chi connectivity index (χ0) is 11.1. The Hall–Kier alpha value is -1.06. The summed E-state index contributed by atoms with van der Waals surface area (Å²) in [5, 5.41) is 9.44. The lowest BCUT2D eigenvalue weighted by atomic mass is 9.86. The van der Waals surface area contributed by atoms with E-state index in [4.69, 9.17) is 10.5 Å². The van der Waals surface area contributed by atoms with Gasteiger partial charge in [0.15, 0.2) is 0 Å². The molecule has 0 spiro atoms. The molecular formula is C12H17NO2. The second-order valence-electron chi connectivity index (χ2n) is 4.33. The van der Waals surface area contributed by atoms with Gasteiger partial charge in [-0.2, -0.15) is 0 Å². The minimum Gasteiger partial charge on any atom is -0.497 e. The van der Waals surface area contributed by atoms with Crippen LogP contribution in [0.1, 0.15) is 18.1 Å². The van der Waals surface area contributed by atoms with Crippen LogP contribution in [0.5, 0.6) is 5.75 Å². The molecule has 0 amide bonds. The Labute approximate surface area is 89.9 Å². The SMILES string of the molecule is COc1ccc2c(c1)C(N)(CO)C(C)C2. The van der Waals surface area contributed by atoms with E-state index < -0.39 is 5.54 Å². The highest BCUT2D eigenvalue weighted by Gasteiger charge is 2.40. The Morgan fingerprint density at radius 2 is 2.33 bits per heavy atom. The minimum absolute atomic E-state index is 0.0195. The monoisotopic (exact) mass is 207 g/mol. The summed E-state index contributed by atoms with van der Waals surface area (Å²) in [5.41, 5.74) is 7.87. The maximum atomic E-state index is 9.44. The summed E-state index contributed by atoms with van der Waals surface area (Å²) in [7, 11) is 1.64. The molecule has 2 unspecified atom stereocenters. The molecule has 0 heterocycles. The van der Waals surface area contributed by atoms with Crippen LogP contribution in [0.2, 0.25) is 0 Å². The van der Waals surface area contributed by atoms with Gasteiger partial charge in [0.2, 0.25) is 0 Å². The Balaban J connectivity index is 2.51. The van der Waals surface area contributed by atoms with Gasteiger partial charge < -0.3 is 15.6 Å². The molecule has 2 atom stereocenters. The number of rotatable bonds is 2. The molecular weight excluding hydrogens is 190 g/mol. The normalized spacial score (nSPS) is 28.9. The van der Waals surface area contributed by atoms with Crippen molar-refractivity contribution in [2.75, 3.05) is 13.7 Å². The molecule has 1 aliphatic rings. The second-order valence-corrected chi connectivity index (χ2v) is 4.33. The average molecular weight is 207 g/mol. The van der Waals surface area contributed by atoms with Gasteiger partial charge in [-0.05, 0) is 35.6 Å². The van der Waals surface area contributed by atoms with Crippen LogP contribution in [0.15, 0.2) is 18.2 Å². The third-order valence-electron chi connectivity index (χ3n) is 3.49. The molecule has 82 valence electrons. The summed E-state index contributed by atoms with van der Waals surface area (Å²) < 4.78 is 5.18. The molecule has 0 saturated heterocycles. The molecule has 1 aromatic carbocycles. The van der Waals surface area contributed by atoms with E-state index in [1.165, 1.54) is 5.56 Å². The Kier molecular flexibility index (Phi) is 2.44. The van der Waals surface area contributed by atoms with Crippen molar-refractivity contribution >= 4 is 0 Å². The second kappa shape index (κ2) is 3.51. The van der Waals surface area contributed by atoms with Gasteiger partial charge in [-0.1, -0.05) is 13.0 Å². The Morgan fingerprint density at radius 3 is 2.93 bits per heavy atom. The van der Waals surface area contributed by atoms with E-state index in [1.54, 1.807) is 7.11 Å². The van der Waals surface area contributed by atoms with Crippen molar-refractivity contribution in [2.24, 2.45) is 11.7 Å². The first-order valence-corrected chi connectivity index (χ1v) is 5.19. The smallest absolute Gasteiger partial charge is 0.119 e. The highest BCUT2D eigenvalue weighted by atomic mass is 16.5. The van der Waals surface area contributed by atoms with Crippen LogP contribution < -0.4 is 10.5 Å². The number of hydrogen-bond donors (Lipinski definition) is 2. The highest BCUT2D eigenvalue weighted by Crippen LogP contribution is 2.40. The first-order chi connectivity index (χ1) is 7.11. The van der Waals surface area contributed by atoms with Crippen LogP contribution in [0.3, 0.4) is 0 Å². The van der Waals surface area contributed by atoms with E-state index in [2.05, 4.69) is 6.92 Å². The summed E-state index contributed by atoms with van der Waals surface area (Å²) in [6, 6.07) is 5.92. The minimum atomic E-state index is -0.607. The summed E-state index contributed by atoms with van der Waals surface area (Å²) in [6.07, 6.45) is 0.927. The fourth-order valence-corrected chi connectivity index (χ4v) is 2.31. The lowest BCUT2D eigenvalue weighted by Gasteiger charge is -2.28. The van der Waals surface area contributed by atoms with Gasteiger partial charge >= 0.3 is 0 Å². The molecule has 0 bridgehead atoms. The van der Waals surface area contributed by atoms with Crippen molar-refractivity contribution in [3.8, 4) is 5.75 Å². The predicted molar refractivity (Wildman–Crippen MR) is 58.8 cm³/mol. The number of ether oxygens (including phenoxy) is 1. The van der Waals surface area contributed by atoms with Gasteiger partial charge in [0, 0.05) is 0 Å². The molecule has 15 heavy (non-hydrogen) atoms. The van der Waals surface area contributed by atoms with E-state index in [0.29, 0.717) is 0 Å². The van der Waals surface area contributed by atoms with E-state index in [1.807, 2.05) is 18.2 Å². The first kappa shape index (κ1) is 10.5. The van der Waals surface area contributed by atoms with Gasteiger partial charge in [0.1, 0.15) is 5.75 Å². The zero-order valence-electron chi connectivity index (χ0n) is 9.16. The van der Waals surface area contributed by atoms with Crippen molar-refractivity contribution in [3.05, 3.63) is 29.3 Å². The lowest BCUT2D eigenvalue weighted by molar-refractivity contribution is 0.159. The molecule has 0 radical (unpaired) electrons. The van der Waals surface area contributed by atoms with E-state index in [-0.39, 0.29) is 12.5 Å². The largest absolute Gasteiger partial charge is 0.497 e. The predicted octanol–water partition coefficient (Wildman–Crippen LogP) is 1.03. The topological polar surface area (TPSA) is 55.5 Å². The van der Waals surface area contributed by atoms with Crippen LogP contribution in [0.4, 0.5) is 0 Å². The molecule has 0 aromatic heterocycles. The van der Waals surface area contributed by atoms with Crippen molar-refractivity contribution in [1.29, 1.82) is 0 Å². The van der Waals surface area contributed by atoms with Crippen molar-refractivity contribution in [3.63, 3.8) is 0 Å². The van der Waals surface area contributed by atoms with E-state index in [0.717, 1.165) is 17.7 Å². The van der Waals surface area contributed by atoms with Gasteiger partial charge in [-0.15, -0.1) is 0 Å². The van der Waals surface area contributed by atoms with Crippen LogP contribution in [-0.4, -0.2) is 18.8 Å². The maximum Gasteiger partial charge on any atom is 0.119 e. The Bertz CT molecular complexity index is 378. The summed E-state index contributed by atoms with van der Waals surface area (Å²) >= 11 is 0. The fraction of sp³-hybridized carbons (Fsp3) is 0.500. The van der Waals surface area contributed by atoms with Crippen molar-refractivity contribution in [2.45, 2.75) is 18.9 Å². The van der Waals surface area contributed by atoms with Crippen LogP contribution in [-0.2, 0) is 12.0 Å². The van der Waals surface area contributed by atoms with Gasteiger partial charge in [-0.3, -0.25) is 0 Å². The number of hydrogen-bond acceptors (Lipinski definition) is 3. The number of fused-ring (bicyclic) bond motifs is 1. The highest BCUT2D eigenvalue weighted by molar-refractivity contribution is 5.44. The van der Waals surface area contributed by atoms with Gasteiger partial charge in [0.05, 0.1) is 19.3 Å². The van der Waals surface area contributed by atoms with Crippen molar-refractivity contribution in [1.82, 2.24) is 0 Å². The molecule has 3 heteroatoms. The van der Waals surface area contributed by atoms with Crippen LogP contribution in [0.25, 0.3) is 0 Å². The van der Waals surface area contributed by atoms with E-state index >= 15 is 0 Å². The third kappa shape index (κ3) is 1.43. The van der Waals surface area contributed by atoms with E-state index in [9.17, 15) is 5.11 Å². The standard InChI is InChI=1S/C12H17NO2/c1-8-5-9-3-4-10(15-2)6-11(9)12(8,13)7-14/h3-4,6,8,14H,5,7,13H2,1-2H3. The zero-order valence-corrected chi connectivity index (χ0v) is 9.16. The van der Waals surface area contributed by atoms with Crippen molar-refractivity contribution < 1.29 is 9.84 Å². The number of methoxy groups -OCH3 is 1. The summed E-state index contributed by atoms with van der Waals surface area (Å²) in [4.78, 5) is 0. The molecule has 0 saturated carbocycles. The number of aliphatic hydroxyl groups is 1. The number of benzene rings is 1. The fourth-order valence-electron chi connectivity index (χ4n) is 2.31. The lowest BCUT2D eigenvalue weighted by Crippen LogP contribution is -2.43. The molecule has 0 fully saturated rings. The summed E-state index contributed by atoms with van der Waals surface area (Å²) in [6.45, 7) is 2.05. The molecule has 1 aromatic rings. The number of nitrogens with two attached hydrogens (primary N) is 1. The quantitative estimate of drug-likeness (QED) is 0.761. The summed E-state index contributed by atoms with van der Waals surface area (Å²) in [5.74, 6) is 1.07. The molecule has 3 nitrogen and oxygen atoms in total. The molecule has 0 aliphatic heterocycles. The van der Waals surface area contributed by atoms with Gasteiger partial charge in [0.25, 0.3) is 0 Å². The van der Waals surface area contributed by atoms with Gasteiger partial charge in [-0.25, -0.2) is 0 Å². The maximum absolute atomic E-state index is 9.44. The molecule has 2 rings (SSSR count). The first-order valence-electron chi connectivity index (χ1n) is 5.19. The van der Waals surface area contributed by atoms with Crippen LogP contribution >= 0.6 is 0 Å².